The molecule has 6 heteroatoms. The van der Waals surface area contributed by atoms with Gasteiger partial charge in [-0.15, -0.1) is 0 Å². The Morgan fingerprint density at radius 1 is 1.11 bits per heavy atom. The molecule has 2 heterocycles. The van der Waals surface area contributed by atoms with E-state index < -0.39 is 41.2 Å². The van der Waals surface area contributed by atoms with Gasteiger partial charge in [0.1, 0.15) is 6.10 Å². The molecule has 6 fully saturated rings. The zero-order valence-electron chi connectivity index (χ0n) is 16.4. The maximum Gasteiger partial charge on any atom is 0.206 e. The largest absolute Gasteiger partial charge is 0.392 e. The highest BCUT2D eigenvalue weighted by molar-refractivity contribution is 5.37. The summed E-state index contributed by atoms with van der Waals surface area (Å²) in [5, 5.41) is 45.9. The third kappa shape index (κ3) is 1.65. The van der Waals surface area contributed by atoms with Gasteiger partial charge >= 0.3 is 0 Å². The van der Waals surface area contributed by atoms with E-state index in [4.69, 9.17) is 9.47 Å². The van der Waals surface area contributed by atoms with Crippen molar-refractivity contribution in [1.29, 1.82) is 0 Å². The first-order valence-electron chi connectivity index (χ1n) is 10.3. The number of rotatable bonds is 1. The molecule has 6 nitrogen and oxygen atoms in total. The summed E-state index contributed by atoms with van der Waals surface area (Å²) >= 11 is 0. The standard InChI is InChI=1S/C21H32O6/c1-10-11-6-7-12-19-9-5-8-18(2,3)13(19)16(24)21(25,27-17(19)26-4)20(12,14(10)22)15(11)23/h11-17,22-25H,1,5-9H2,2-4H3/t11-,12-,13+,14+,15+,16-,17-,19+,20-,21-/m0/s1. The average Bonchev–Trinajstić information content (AvgIpc) is 2.72. The monoisotopic (exact) mass is 380 g/mol. The van der Waals surface area contributed by atoms with Crippen LogP contribution in [0.5, 0.6) is 0 Å². The fourth-order valence-corrected chi connectivity index (χ4v) is 8.53. The second kappa shape index (κ2) is 5.15. The van der Waals surface area contributed by atoms with Gasteiger partial charge in [-0.05, 0) is 42.6 Å². The molecule has 6 rings (SSSR count). The van der Waals surface area contributed by atoms with Gasteiger partial charge in [0.05, 0.1) is 17.6 Å². The summed E-state index contributed by atoms with van der Waals surface area (Å²) in [7, 11) is 1.58. The maximum atomic E-state index is 11.9. The first kappa shape index (κ1) is 18.5. The van der Waals surface area contributed by atoms with Crippen LogP contribution < -0.4 is 0 Å². The summed E-state index contributed by atoms with van der Waals surface area (Å²) in [6.07, 6.45) is 0.202. The summed E-state index contributed by atoms with van der Waals surface area (Å²) in [5.74, 6) is -2.79. The van der Waals surface area contributed by atoms with E-state index in [2.05, 4.69) is 20.4 Å². The van der Waals surface area contributed by atoms with Crippen LogP contribution in [-0.4, -0.2) is 57.9 Å². The Morgan fingerprint density at radius 2 is 1.81 bits per heavy atom. The SMILES string of the molecule is C=C1[C@@H](O)[C@]23[C@H](O)[C@H]1CC[C@H]2[C@]12CCCC(C)(C)[C@H]1[C@H](O)[C@]3(O)O[C@@H]2OC. The minimum atomic E-state index is -2.07. The molecule has 0 aromatic carbocycles. The van der Waals surface area contributed by atoms with E-state index in [-0.39, 0.29) is 23.2 Å². The summed E-state index contributed by atoms with van der Waals surface area (Å²) in [4.78, 5) is 0. The first-order chi connectivity index (χ1) is 12.6. The Labute approximate surface area is 160 Å². The van der Waals surface area contributed by atoms with E-state index >= 15 is 0 Å². The van der Waals surface area contributed by atoms with Crippen LogP contribution in [0.1, 0.15) is 46.0 Å². The summed E-state index contributed by atoms with van der Waals surface area (Å²) in [6.45, 7) is 8.31. The number of methoxy groups -OCH3 is 1. The minimum absolute atomic E-state index is 0.206. The Balaban J connectivity index is 1.81. The molecule has 4 saturated carbocycles. The Kier molecular flexibility index (Phi) is 3.54. The lowest BCUT2D eigenvalue weighted by atomic mass is 9.35. The molecular weight excluding hydrogens is 348 g/mol. The van der Waals surface area contributed by atoms with Crippen molar-refractivity contribution in [2.24, 2.45) is 34.0 Å². The Morgan fingerprint density at radius 3 is 2.48 bits per heavy atom. The van der Waals surface area contributed by atoms with E-state index in [0.717, 1.165) is 32.1 Å². The number of aliphatic hydroxyl groups excluding tert-OH is 3. The Hall–Kier alpha value is -0.500. The van der Waals surface area contributed by atoms with Crippen molar-refractivity contribution < 1.29 is 29.9 Å². The summed E-state index contributed by atoms with van der Waals surface area (Å²) in [6, 6.07) is 0. The van der Waals surface area contributed by atoms with Crippen molar-refractivity contribution in [3.05, 3.63) is 12.2 Å². The zero-order chi connectivity index (χ0) is 19.6. The van der Waals surface area contributed by atoms with Crippen LogP contribution in [-0.2, 0) is 9.47 Å². The van der Waals surface area contributed by atoms with E-state index in [1.165, 1.54) is 0 Å². The molecule has 0 aromatic rings. The highest BCUT2D eigenvalue weighted by Crippen LogP contribution is 2.78. The van der Waals surface area contributed by atoms with Gasteiger partial charge in [-0.3, -0.25) is 0 Å². The van der Waals surface area contributed by atoms with Gasteiger partial charge in [-0.25, -0.2) is 0 Å². The molecular formula is C21H32O6. The van der Waals surface area contributed by atoms with Gasteiger partial charge in [0.2, 0.25) is 5.79 Å². The molecule has 6 aliphatic rings. The van der Waals surface area contributed by atoms with Crippen molar-refractivity contribution in [3.8, 4) is 0 Å². The Bertz CT molecular complexity index is 692. The van der Waals surface area contributed by atoms with Gasteiger partial charge in [-0.2, -0.15) is 0 Å². The van der Waals surface area contributed by atoms with Crippen LogP contribution in [0.25, 0.3) is 0 Å². The third-order valence-electron chi connectivity index (χ3n) is 9.27. The van der Waals surface area contributed by atoms with Gasteiger partial charge in [0.15, 0.2) is 6.29 Å². The zero-order valence-corrected chi connectivity index (χ0v) is 16.4. The van der Waals surface area contributed by atoms with Crippen LogP contribution in [0.2, 0.25) is 0 Å². The quantitative estimate of drug-likeness (QED) is 0.510. The number of ether oxygens (including phenoxy) is 2. The molecule has 4 bridgehead atoms. The van der Waals surface area contributed by atoms with Crippen molar-refractivity contribution in [1.82, 2.24) is 0 Å². The average molecular weight is 380 g/mol. The second-order valence-electron chi connectivity index (χ2n) is 10.4. The summed E-state index contributed by atoms with van der Waals surface area (Å²) in [5.41, 5.74) is -1.57. The van der Waals surface area contributed by atoms with Gasteiger partial charge in [-0.1, -0.05) is 26.8 Å². The van der Waals surface area contributed by atoms with Gasteiger partial charge < -0.3 is 29.9 Å². The molecule has 4 aliphatic carbocycles. The van der Waals surface area contributed by atoms with Crippen LogP contribution in [0.15, 0.2) is 12.2 Å². The lowest BCUT2D eigenvalue weighted by Gasteiger charge is -2.76. The summed E-state index contributed by atoms with van der Waals surface area (Å²) < 4.78 is 11.9. The first-order valence-corrected chi connectivity index (χ1v) is 10.3. The lowest BCUT2D eigenvalue weighted by molar-refractivity contribution is -0.516. The van der Waals surface area contributed by atoms with Crippen molar-refractivity contribution in [2.45, 2.75) is 76.3 Å². The number of aliphatic hydroxyl groups is 4. The fraction of sp³-hybridized carbons (Fsp3) is 0.905. The van der Waals surface area contributed by atoms with Gasteiger partial charge in [0.25, 0.3) is 0 Å². The minimum Gasteiger partial charge on any atom is -0.392 e. The van der Waals surface area contributed by atoms with Gasteiger partial charge in [0, 0.05) is 24.4 Å². The molecule has 152 valence electrons. The molecule has 2 spiro atoms. The predicted molar refractivity (Wildman–Crippen MR) is 96.2 cm³/mol. The topological polar surface area (TPSA) is 99.4 Å². The predicted octanol–water partition coefficient (Wildman–Crippen LogP) is 1.17. The molecule has 4 N–H and O–H groups in total. The van der Waals surface area contributed by atoms with Crippen LogP contribution in [0, 0.1) is 34.0 Å². The molecule has 2 aliphatic heterocycles. The highest BCUT2D eigenvalue weighted by Gasteiger charge is 2.87. The van der Waals surface area contributed by atoms with E-state index in [9.17, 15) is 20.4 Å². The smallest absolute Gasteiger partial charge is 0.206 e. The molecule has 27 heavy (non-hydrogen) atoms. The molecule has 0 radical (unpaired) electrons. The molecule has 0 unspecified atom stereocenters. The normalized spacial score (nSPS) is 60.9. The molecule has 2 saturated heterocycles. The molecule has 10 atom stereocenters. The second-order valence-corrected chi connectivity index (χ2v) is 10.4. The molecule has 0 amide bonds. The van der Waals surface area contributed by atoms with Crippen molar-refractivity contribution in [3.63, 3.8) is 0 Å². The van der Waals surface area contributed by atoms with Crippen LogP contribution in [0.4, 0.5) is 0 Å². The highest BCUT2D eigenvalue weighted by atomic mass is 16.7. The number of fused-ring (bicyclic) bond motifs is 2. The van der Waals surface area contributed by atoms with Crippen LogP contribution >= 0.6 is 0 Å². The van der Waals surface area contributed by atoms with Crippen LogP contribution in [0.3, 0.4) is 0 Å². The maximum absolute atomic E-state index is 11.9. The number of hydrogen-bond donors (Lipinski definition) is 4. The third-order valence-corrected chi connectivity index (χ3v) is 9.27. The molecule has 0 aromatic heterocycles. The van der Waals surface area contributed by atoms with E-state index in [1.54, 1.807) is 7.11 Å². The number of hydrogen-bond acceptors (Lipinski definition) is 6. The van der Waals surface area contributed by atoms with Crippen molar-refractivity contribution in [2.75, 3.05) is 7.11 Å². The van der Waals surface area contributed by atoms with Crippen molar-refractivity contribution >= 4 is 0 Å². The lowest BCUT2D eigenvalue weighted by Crippen LogP contribution is -2.86. The van der Waals surface area contributed by atoms with E-state index in [0.29, 0.717) is 5.57 Å². The fourth-order valence-electron chi connectivity index (χ4n) is 8.53. The van der Waals surface area contributed by atoms with E-state index in [1.807, 2.05) is 0 Å².